The smallest absolute Gasteiger partial charge is 0.245 e. The number of benzene rings is 1. The lowest BCUT2D eigenvalue weighted by atomic mass is 10.3. The lowest BCUT2D eigenvalue weighted by Crippen LogP contribution is -2.30. The van der Waals surface area contributed by atoms with E-state index in [0.717, 1.165) is 16.0 Å². The summed E-state index contributed by atoms with van der Waals surface area (Å²) < 4.78 is 6.43. The summed E-state index contributed by atoms with van der Waals surface area (Å²) in [5.74, 6) is 1.21. The highest BCUT2D eigenvalue weighted by Crippen LogP contribution is 2.29. The minimum absolute atomic E-state index is 0.124. The van der Waals surface area contributed by atoms with Gasteiger partial charge in [-0.05, 0) is 37.3 Å². The molecule has 3 aromatic rings. The van der Waals surface area contributed by atoms with Gasteiger partial charge in [-0.2, -0.15) is 5.26 Å². The zero-order valence-electron chi connectivity index (χ0n) is 14.4. The summed E-state index contributed by atoms with van der Waals surface area (Å²) in [6, 6.07) is 11.0. The molecule has 0 aliphatic heterocycles. The second kappa shape index (κ2) is 7.80. The Morgan fingerprint density at radius 3 is 2.92 bits per heavy atom. The topological polar surface area (TPSA) is 91.1 Å². The number of likely N-dealkylation sites (N-methyl/N-ethyl adjacent to an activating group) is 1. The van der Waals surface area contributed by atoms with Crippen LogP contribution in [0.2, 0.25) is 0 Å². The van der Waals surface area contributed by atoms with Gasteiger partial charge in [-0.15, -0.1) is 0 Å². The average molecular weight is 367 g/mol. The third kappa shape index (κ3) is 4.07. The number of fused-ring (bicyclic) bond motifs is 1. The van der Waals surface area contributed by atoms with Gasteiger partial charge in [0.2, 0.25) is 5.91 Å². The number of nitrogens with one attached hydrogen (secondary N) is 1. The maximum Gasteiger partial charge on any atom is 0.245 e. The first-order valence-corrected chi connectivity index (χ1v) is 8.81. The summed E-state index contributed by atoms with van der Waals surface area (Å²) in [4.78, 5) is 22.6. The first-order chi connectivity index (χ1) is 12.6. The highest BCUT2D eigenvalue weighted by molar-refractivity contribution is 7.22. The molecule has 0 aliphatic carbocycles. The van der Waals surface area contributed by atoms with Gasteiger partial charge in [0.15, 0.2) is 5.13 Å². The molecule has 8 heteroatoms. The fourth-order valence-corrected chi connectivity index (χ4v) is 3.26. The number of hydrogen-bond donors (Lipinski definition) is 1. The number of carbonyl (C=O) groups is 1. The number of pyridine rings is 1. The lowest BCUT2D eigenvalue weighted by molar-refractivity contribution is -0.114. The Bertz CT molecular complexity index is 962. The summed E-state index contributed by atoms with van der Waals surface area (Å²) in [7, 11) is 1.76. The Hall–Kier alpha value is -3.18. The van der Waals surface area contributed by atoms with Crippen LogP contribution in [0.15, 0.2) is 36.5 Å². The summed E-state index contributed by atoms with van der Waals surface area (Å²) in [5.41, 5.74) is 1.29. The fourth-order valence-electron chi connectivity index (χ4n) is 2.35. The molecule has 0 atom stereocenters. The van der Waals surface area contributed by atoms with E-state index in [9.17, 15) is 4.79 Å². The van der Waals surface area contributed by atoms with E-state index in [4.69, 9.17) is 10.00 Å². The number of anilines is 2. The van der Waals surface area contributed by atoms with Crippen molar-refractivity contribution in [3.63, 3.8) is 0 Å². The third-order valence-corrected chi connectivity index (χ3v) is 4.50. The molecular formula is C18H17N5O2S. The molecule has 0 unspecified atom stereocenters. The van der Waals surface area contributed by atoms with Crippen molar-refractivity contribution in [2.45, 2.75) is 6.92 Å². The molecule has 0 aliphatic rings. The van der Waals surface area contributed by atoms with Crippen molar-refractivity contribution in [2.24, 2.45) is 0 Å². The van der Waals surface area contributed by atoms with E-state index in [1.165, 1.54) is 17.5 Å². The number of ether oxygens (including phenoxy) is 1. The predicted octanol–water partition coefficient (Wildman–Crippen LogP) is 3.04. The van der Waals surface area contributed by atoms with Crippen molar-refractivity contribution in [1.29, 1.82) is 5.26 Å². The monoisotopic (exact) mass is 367 g/mol. The predicted molar refractivity (Wildman–Crippen MR) is 102 cm³/mol. The first-order valence-electron chi connectivity index (χ1n) is 7.99. The number of carbonyl (C=O) groups excluding carboxylic acids is 1. The molecule has 0 saturated carbocycles. The number of nitriles is 1. The molecule has 1 N–H and O–H groups in total. The normalized spacial score (nSPS) is 10.3. The van der Waals surface area contributed by atoms with Crippen LogP contribution in [0.3, 0.4) is 0 Å². The minimum Gasteiger partial charge on any atom is -0.494 e. The number of amides is 1. The third-order valence-electron chi connectivity index (χ3n) is 3.57. The lowest BCUT2D eigenvalue weighted by Gasteiger charge is -2.16. The zero-order chi connectivity index (χ0) is 18.5. The molecule has 2 aromatic heterocycles. The first kappa shape index (κ1) is 17.6. The molecule has 132 valence electrons. The number of aromatic nitrogens is 2. The van der Waals surface area contributed by atoms with Gasteiger partial charge in [-0.3, -0.25) is 4.79 Å². The standard InChI is InChI=1S/C18H17N5O2S/c1-3-25-13-5-6-14-15(8-13)26-18(21-14)22-17(24)11-23(2)16-7-4-12(9-19)10-20-16/h4-8,10H,3,11H2,1-2H3,(H,21,22,24). The largest absolute Gasteiger partial charge is 0.494 e. The maximum atomic E-state index is 12.3. The van der Waals surface area contributed by atoms with Crippen LogP contribution in [0.4, 0.5) is 10.9 Å². The van der Waals surface area contributed by atoms with Crippen molar-refractivity contribution in [3.8, 4) is 11.8 Å². The number of thiazole rings is 1. The van der Waals surface area contributed by atoms with Gasteiger partial charge in [-0.1, -0.05) is 11.3 Å². The molecule has 7 nitrogen and oxygen atoms in total. The van der Waals surface area contributed by atoms with Gasteiger partial charge >= 0.3 is 0 Å². The van der Waals surface area contributed by atoms with Crippen LogP contribution in [-0.2, 0) is 4.79 Å². The minimum atomic E-state index is -0.192. The van der Waals surface area contributed by atoms with Gasteiger partial charge in [0.05, 0.1) is 28.9 Å². The van der Waals surface area contributed by atoms with Crippen LogP contribution in [-0.4, -0.2) is 36.1 Å². The molecule has 3 rings (SSSR count). The van der Waals surface area contributed by atoms with E-state index in [-0.39, 0.29) is 12.5 Å². The SMILES string of the molecule is CCOc1ccc2nc(NC(=O)CN(C)c3ccc(C#N)cn3)sc2c1. The molecule has 0 fully saturated rings. The molecule has 0 bridgehead atoms. The van der Waals surface area contributed by atoms with Gasteiger partial charge in [-0.25, -0.2) is 9.97 Å². The van der Waals surface area contributed by atoms with Crippen LogP contribution in [0.5, 0.6) is 5.75 Å². The van der Waals surface area contributed by atoms with Crippen LogP contribution < -0.4 is 15.0 Å². The second-order valence-corrected chi connectivity index (χ2v) is 6.53. The van der Waals surface area contributed by atoms with Gasteiger partial charge < -0.3 is 15.0 Å². The van der Waals surface area contributed by atoms with E-state index in [1.54, 1.807) is 24.1 Å². The second-order valence-electron chi connectivity index (χ2n) is 5.50. The molecular weight excluding hydrogens is 350 g/mol. The van der Waals surface area contributed by atoms with E-state index >= 15 is 0 Å². The summed E-state index contributed by atoms with van der Waals surface area (Å²) in [5, 5.41) is 12.2. The van der Waals surface area contributed by atoms with E-state index < -0.39 is 0 Å². The Morgan fingerprint density at radius 1 is 1.38 bits per heavy atom. The van der Waals surface area contributed by atoms with Gasteiger partial charge in [0.25, 0.3) is 0 Å². The van der Waals surface area contributed by atoms with Crippen LogP contribution in [0.25, 0.3) is 10.2 Å². The quantitative estimate of drug-likeness (QED) is 0.720. The Morgan fingerprint density at radius 2 is 2.23 bits per heavy atom. The molecule has 0 saturated heterocycles. The summed E-state index contributed by atoms with van der Waals surface area (Å²) in [6.45, 7) is 2.66. The van der Waals surface area contributed by atoms with Crippen LogP contribution in [0, 0.1) is 11.3 Å². The molecule has 1 amide bonds. The number of rotatable bonds is 6. The summed E-state index contributed by atoms with van der Waals surface area (Å²) in [6.07, 6.45) is 1.48. The number of nitrogens with zero attached hydrogens (tertiary/aromatic N) is 4. The van der Waals surface area contributed by atoms with Crippen molar-refractivity contribution >= 4 is 38.4 Å². The van der Waals surface area contributed by atoms with Crippen molar-refractivity contribution < 1.29 is 9.53 Å². The Labute approximate surface area is 154 Å². The fraction of sp³-hybridized carbons (Fsp3) is 0.222. The Kier molecular flexibility index (Phi) is 5.29. The van der Waals surface area contributed by atoms with E-state index in [2.05, 4.69) is 15.3 Å². The number of hydrogen-bond acceptors (Lipinski definition) is 7. The van der Waals surface area contributed by atoms with Crippen molar-refractivity contribution in [1.82, 2.24) is 9.97 Å². The highest BCUT2D eigenvalue weighted by Gasteiger charge is 2.12. The van der Waals surface area contributed by atoms with E-state index in [0.29, 0.717) is 23.1 Å². The van der Waals surface area contributed by atoms with Crippen LogP contribution in [0.1, 0.15) is 12.5 Å². The molecule has 26 heavy (non-hydrogen) atoms. The molecule has 0 radical (unpaired) electrons. The van der Waals surface area contributed by atoms with E-state index in [1.807, 2.05) is 31.2 Å². The summed E-state index contributed by atoms with van der Waals surface area (Å²) >= 11 is 1.40. The molecule has 1 aromatic carbocycles. The zero-order valence-corrected chi connectivity index (χ0v) is 15.2. The van der Waals surface area contributed by atoms with Gasteiger partial charge in [0, 0.05) is 13.2 Å². The average Bonchev–Trinajstić information content (AvgIpc) is 3.03. The highest BCUT2D eigenvalue weighted by atomic mass is 32.1. The van der Waals surface area contributed by atoms with Crippen LogP contribution >= 0.6 is 11.3 Å². The molecule has 0 spiro atoms. The van der Waals surface area contributed by atoms with Gasteiger partial charge in [0.1, 0.15) is 17.6 Å². The van der Waals surface area contributed by atoms with Crippen molar-refractivity contribution in [2.75, 3.05) is 30.4 Å². The van der Waals surface area contributed by atoms with Crippen molar-refractivity contribution in [3.05, 3.63) is 42.1 Å². The Balaban J connectivity index is 1.65. The maximum absolute atomic E-state index is 12.3. The molecule has 2 heterocycles.